The maximum Gasteiger partial charge on any atom is 0.410 e. The monoisotopic (exact) mass is 456 g/mol. The normalized spacial score (nSPS) is 17.4. The van der Waals surface area contributed by atoms with Crippen molar-refractivity contribution < 1.29 is 28.7 Å². The molecule has 1 saturated heterocycles. The Morgan fingerprint density at radius 3 is 2.39 bits per heavy atom. The number of ether oxygens (including phenoxy) is 3. The molecule has 1 unspecified atom stereocenters. The highest BCUT2D eigenvalue weighted by molar-refractivity contribution is 8.13. The lowest BCUT2D eigenvalue weighted by atomic mass is 9.92. The third-order valence-corrected chi connectivity index (χ3v) is 6.16. The number of hydrogen-bond donors (Lipinski definition) is 0. The van der Waals surface area contributed by atoms with E-state index in [2.05, 4.69) is 0 Å². The van der Waals surface area contributed by atoms with Crippen LogP contribution in [0.25, 0.3) is 0 Å². The molecule has 0 radical (unpaired) electrons. The SMILES string of the molecule is CC.CCCSC(=O)C1(C)CCN(C(=O)OCc2cc(OC)c(OC)cc2[N+](=O)[O-])C1. The van der Waals surface area contributed by atoms with Gasteiger partial charge in [-0.2, -0.15) is 0 Å². The molecule has 1 atom stereocenters. The molecule has 2 rings (SSSR count). The second kappa shape index (κ2) is 12.4. The topological polar surface area (TPSA) is 108 Å². The Morgan fingerprint density at radius 2 is 1.84 bits per heavy atom. The van der Waals surface area contributed by atoms with E-state index in [1.165, 1.54) is 43.0 Å². The molecule has 1 aromatic rings. The van der Waals surface area contributed by atoms with Gasteiger partial charge in [-0.1, -0.05) is 32.5 Å². The van der Waals surface area contributed by atoms with Gasteiger partial charge < -0.3 is 19.1 Å². The van der Waals surface area contributed by atoms with Crippen LogP contribution in [-0.4, -0.2) is 54.1 Å². The van der Waals surface area contributed by atoms with E-state index in [4.69, 9.17) is 14.2 Å². The van der Waals surface area contributed by atoms with E-state index < -0.39 is 16.4 Å². The molecule has 1 aromatic carbocycles. The number of nitro benzene ring substituents is 1. The summed E-state index contributed by atoms with van der Waals surface area (Å²) in [5, 5.41) is 11.4. The Morgan fingerprint density at radius 1 is 1.23 bits per heavy atom. The van der Waals surface area contributed by atoms with Crippen molar-refractivity contribution in [1.82, 2.24) is 4.90 Å². The first-order chi connectivity index (χ1) is 14.8. The molecule has 0 aliphatic carbocycles. The Bertz CT molecular complexity index is 787. The number of nitro groups is 1. The van der Waals surface area contributed by atoms with Crippen molar-refractivity contribution in [1.29, 1.82) is 0 Å². The van der Waals surface area contributed by atoms with Gasteiger partial charge in [0.05, 0.1) is 36.2 Å². The van der Waals surface area contributed by atoms with Crippen LogP contribution in [0.5, 0.6) is 11.5 Å². The molecule has 0 aromatic heterocycles. The summed E-state index contributed by atoms with van der Waals surface area (Å²) in [6, 6.07) is 2.65. The van der Waals surface area contributed by atoms with Crippen LogP contribution in [0.4, 0.5) is 10.5 Å². The zero-order valence-electron chi connectivity index (χ0n) is 19.1. The zero-order valence-corrected chi connectivity index (χ0v) is 19.9. The van der Waals surface area contributed by atoms with Gasteiger partial charge in [0.25, 0.3) is 5.69 Å². The maximum absolute atomic E-state index is 12.5. The van der Waals surface area contributed by atoms with Crippen molar-refractivity contribution in [3.8, 4) is 11.5 Å². The van der Waals surface area contributed by atoms with Gasteiger partial charge in [0.1, 0.15) is 6.61 Å². The summed E-state index contributed by atoms with van der Waals surface area (Å²) in [4.78, 5) is 37.1. The fourth-order valence-electron chi connectivity index (χ4n) is 3.08. The lowest BCUT2D eigenvalue weighted by molar-refractivity contribution is -0.385. The average Bonchev–Trinajstić information content (AvgIpc) is 3.19. The first-order valence-corrected chi connectivity index (χ1v) is 11.2. The van der Waals surface area contributed by atoms with Crippen LogP contribution in [0.2, 0.25) is 0 Å². The molecule has 0 bridgehead atoms. The van der Waals surface area contributed by atoms with Crippen molar-refractivity contribution in [3.05, 3.63) is 27.8 Å². The third kappa shape index (κ3) is 6.75. The molecule has 174 valence electrons. The van der Waals surface area contributed by atoms with Gasteiger partial charge in [-0.15, -0.1) is 0 Å². The van der Waals surface area contributed by atoms with Crippen molar-refractivity contribution >= 4 is 28.7 Å². The highest BCUT2D eigenvalue weighted by Gasteiger charge is 2.42. The molecule has 0 spiro atoms. The van der Waals surface area contributed by atoms with E-state index in [1.807, 2.05) is 27.7 Å². The maximum atomic E-state index is 12.5. The van der Waals surface area contributed by atoms with E-state index >= 15 is 0 Å². The van der Waals surface area contributed by atoms with Gasteiger partial charge in [-0.05, 0) is 25.8 Å². The summed E-state index contributed by atoms with van der Waals surface area (Å²) in [6.45, 7) is 8.25. The van der Waals surface area contributed by atoms with E-state index in [0.29, 0.717) is 18.7 Å². The minimum atomic E-state index is -0.605. The lowest BCUT2D eigenvalue weighted by Gasteiger charge is -2.22. The molecule has 0 saturated carbocycles. The Kier molecular flexibility index (Phi) is 10.6. The van der Waals surface area contributed by atoms with Gasteiger partial charge in [-0.3, -0.25) is 14.9 Å². The number of carbonyl (C=O) groups is 2. The first-order valence-electron chi connectivity index (χ1n) is 10.2. The van der Waals surface area contributed by atoms with Crippen LogP contribution < -0.4 is 9.47 Å². The largest absolute Gasteiger partial charge is 0.493 e. The Balaban J connectivity index is 0.00000233. The van der Waals surface area contributed by atoms with Crippen molar-refractivity contribution in [2.75, 3.05) is 33.1 Å². The smallest absolute Gasteiger partial charge is 0.410 e. The standard InChI is InChI=1S/C19H26N2O7S.C2H6/c1-5-8-29-17(22)19(2)6-7-20(12-19)18(23)28-11-13-9-15(26-3)16(27-4)10-14(13)21(24)25;1-2/h9-10H,5-8,11-12H2,1-4H3;1-2H3. The Hall–Kier alpha value is -2.49. The molecule has 10 heteroatoms. The molecule has 31 heavy (non-hydrogen) atoms. The van der Waals surface area contributed by atoms with Crippen LogP contribution in [-0.2, 0) is 16.1 Å². The van der Waals surface area contributed by atoms with E-state index in [1.54, 1.807) is 0 Å². The minimum Gasteiger partial charge on any atom is -0.493 e. The highest BCUT2D eigenvalue weighted by atomic mass is 32.2. The number of hydrogen-bond acceptors (Lipinski definition) is 8. The number of likely N-dealkylation sites (tertiary alicyclic amines) is 1. The quantitative estimate of drug-likeness (QED) is 0.411. The van der Waals surface area contributed by atoms with Crippen LogP contribution in [0.15, 0.2) is 12.1 Å². The van der Waals surface area contributed by atoms with Crippen LogP contribution >= 0.6 is 11.8 Å². The van der Waals surface area contributed by atoms with Gasteiger partial charge in [-0.25, -0.2) is 4.79 Å². The van der Waals surface area contributed by atoms with Crippen LogP contribution in [0, 0.1) is 15.5 Å². The van der Waals surface area contributed by atoms with E-state index in [-0.39, 0.29) is 35.3 Å². The van der Waals surface area contributed by atoms with Gasteiger partial charge in [0, 0.05) is 18.8 Å². The predicted octanol–water partition coefficient (Wildman–Crippen LogP) is 4.66. The van der Waals surface area contributed by atoms with Crippen LogP contribution in [0.1, 0.15) is 46.1 Å². The molecule has 0 N–H and O–H groups in total. The number of rotatable bonds is 8. The fourth-order valence-corrected chi connectivity index (χ4v) is 3.98. The number of carbonyl (C=O) groups excluding carboxylic acids is 2. The van der Waals surface area contributed by atoms with Crippen molar-refractivity contribution in [3.63, 3.8) is 0 Å². The second-order valence-corrected chi connectivity index (χ2v) is 8.08. The third-order valence-electron chi connectivity index (χ3n) is 4.79. The summed E-state index contributed by atoms with van der Waals surface area (Å²) in [5.41, 5.74) is -0.640. The average molecular weight is 457 g/mol. The van der Waals surface area contributed by atoms with Gasteiger partial charge in [0.2, 0.25) is 0 Å². The lowest BCUT2D eigenvalue weighted by Crippen LogP contribution is -2.34. The molecular weight excluding hydrogens is 424 g/mol. The van der Waals surface area contributed by atoms with Gasteiger partial charge >= 0.3 is 6.09 Å². The molecule has 1 heterocycles. The Labute approximate surface area is 187 Å². The van der Waals surface area contributed by atoms with E-state index in [0.717, 1.165) is 12.2 Å². The zero-order chi connectivity index (χ0) is 23.6. The fraction of sp³-hybridized carbons (Fsp3) is 0.619. The first kappa shape index (κ1) is 26.5. The van der Waals surface area contributed by atoms with Crippen molar-refractivity contribution in [2.24, 2.45) is 5.41 Å². The number of benzene rings is 1. The van der Waals surface area contributed by atoms with Crippen molar-refractivity contribution in [2.45, 2.75) is 47.1 Å². The molecule has 1 fully saturated rings. The van der Waals surface area contributed by atoms with Crippen LogP contribution in [0.3, 0.4) is 0 Å². The molecule has 1 amide bonds. The molecule has 1 aliphatic rings. The predicted molar refractivity (Wildman–Crippen MR) is 120 cm³/mol. The molecule has 1 aliphatic heterocycles. The highest BCUT2D eigenvalue weighted by Crippen LogP contribution is 2.37. The number of amides is 1. The molecular formula is C21H32N2O7S. The number of thioether (sulfide) groups is 1. The summed E-state index contributed by atoms with van der Waals surface area (Å²) in [6.07, 6.45) is 0.863. The summed E-state index contributed by atoms with van der Waals surface area (Å²) < 4.78 is 15.5. The number of nitrogens with zero attached hydrogens (tertiary/aromatic N) is 2. The summed E-state index contributed by atoms with van der Waals surface area (Å²) in [7, 11) is 2.80. The minimum absolute atomic E-state index is 0.0742. The number of methoxy groups -OCH3 is 2. The van der Waals surface area contributed by atoms with E-state index in [9.17, 15) is 19.7 Å². The summed E-state index contributed by atoms with van der Waals surface area (Å²) in [5.74, 6) is 1.27. The second-order valence-electron chi connectivity index (χ2n) is 7.02. The van der Waals surface area contributed by atoms with Gasteiger partial charge in [0.15, 0.2) is 16.6 Å². The summed E-state index contributed by atoms with van der Waals surface area (Å²) >= 11 is 1.29. The molecule has 9 nitrogen and oxygen atoms in total.